The van der Waals surface area contributed by atoms with Gasteiger partial charge >= 0.3 is 0 Å². The maximum atomic E-state index is 6.30. The van der Waals surface area contributed by atoms with Crippen LogP contribution in [0.5, 0.6) is 11.5 Å². The van der Waals surface area contributed by atoms with E-state index in [1.165, 1.54) is 0 Å². The van der Waals surface area contributed by atoms with Crippen LogP contribution in [-0.4, -0.2) is 44.8 Å². The fourth-order valence-electron chi connectivity index (χ4n) is 2.58. The Labute approximate surface area is 126 Å². The van der Waals surface area contributed by atoms with Crippen molar-refractivity contribution >= 4 is 17.3 Å². The summed E-state index contributed by atoms with van der Waals surface area (Å²) in [7, 11) is 3.25. The third-order valence-electron chi connectivity index (χ3n) is 3.87. The van der Waals surface area contributed by atoms with Gasteiger partial charge in [-0.15, -0.1) is 0 Å². The highest BCUT2D eigenvalue weighted by molar-refractivity contribution is 6.33. The van der Waals surface area contributed by atoms with Crippen LogP contribution in [0, 0.1) is 0 Å². The summed E-state index contributed by atoms with van der Waals surface area (Å²) in [5, 5.41) is 4.19. The number of hydrogen-bond acceptors (Lipinski definition) is 4. The van der Waals surface area contributed by atoms with Gasteiger partial charge in [0, 0.05) is 31.3 Å². The molecule has 0 aromatic heterocycles. The van der Waals surface area contributed by atoms with Crippen molar-refractivity contribution in [1.29, 1.82) is 0 Å². The molecule has 0 aliphatic carbocycles. The normalized spacial score (nSPS) is 17.0. The molecule has 1 heterocycles. The second-order valence-corrected chi connectivity index (χ2v) is 5.45. The smallest absolute Gasteiger partial charge is 0.162 e. The van der Waals surface area contributed by atoms with Crippen LogP contribution in [-0.2, 0) is 0 Å². The minimum absolute atomic E-state index is 0.466. The van der Waals surface area contributed by atoms with Gasteiger partial charge in [0.05, 0.1) is 24.9 Å². The van der Waals surface area contributed by atoms with Crippen molar-refractivity contribution in [3.63, 3.8) is 0 Å². The van der Waals surface area contributed by atoms with E-state index in [9.17, 15) is 0 Å². The molecule has 5 heteroatoms. The van der Waals surface area contributed by atoms with Gasteiger partial charge in [-0.05, 0) is 19.4 Å². The van der Waals surface area contributed by atoms with Crippen LogP contribution in [0.15, 0.2) is 12.1 Å². The van der Waals surface area contributed by atoms with Gasteiger partial charge in [0.1, 0.15) is 0 Å². The molecule has 0 saturated carbocycles. The van der Waals surface area contributed by atoms with Crippen LogP contribution in [0.3, 0.4) is 0 Å². The average molecular weight is 299 g/mol. The largest absolute Gasteiger partial charge is 0.493 e. The molecule has 0 spiro atoms. The van der Waals surface area contributed by atoms with E-state index in [2.05, 4.69) is 17.1 Å². The molecule has 20 heavy (non-hydrogen) atoms. The molecule has 112 valence electrons. The molecule has 0 radical (unpaired) electrons. The maximum absolute atomic E-state index is 6.30. The van der Waals surface area contributed by atoms with Crippen LogP contribution in [0.25, 0.3) is 0 Å². The third kappa shape index (κ3) is 3.49. The average Bonchev–Trinajstić information content (AvgIpc) is 2.49. The fraction of sp³-hybridized carbons (Fsp3) is 0.600. The predicted octanol–water partition coefficient (Wildman–Crippen LogP) is 3.25. The SMILES string of the molecule is CCN1CCC(Nc2cc(OC)c(OC)cc2Cl)CC1. The molecule has 0 bridgehead atoms. The Kier molecular flexibility index (Phi) is 5.38. The van der Waals surface area contributed by atoms with E-state index in [0.717, 1.165) is 38.2 Å². The number of piperidine rings is 1. The van der Waals surface area contributed by atoms with E-state index in [0.29, 0.717) is 22.6 Å². The number of hydrogen-bond donors (Lipinski definition) is 1. The number of anilines is 1. The number of rotatable bonds is 5. The van der Waals surface area contributed by atoms with Gasteiger partial charge in [-0.25, -0.2) is 0 Å². The highest BCUT2D eigenvalue weighted by Gasteiger charge is 2.19. The summed E-state index contributed by atoms with van der Waals surface area (Å²) in [4.78, 5) is 2.47. The van der Waals surface area contributed by atoms with Crippen LogP contribution in [0.1, 0.15) is 19.8 Å². The summed E-state index contributed by atoms with van der Waals surface area (Å²) in [6.45, 7) is 5.61. The molecular formula is C15H23ClN2O2. The summed E-state index contributed by atoms with van der Waals surface area (Å²) >= 11 is 6.30. The van der Waals surface area contributed by atoms with E-state index < -0.39 is 0 Å². The Bertz CT molecular complexity index is 446. The summed E-state index contributed by atoms with van der Waals surface area (Å²) < 4.78 is 10.6. The molecular weight excluding hydrogens is 276 g/mol. The van der Waals surface area contributed by atoms with Crippen LogP contribution < -0.4 is 14.8 Å². The second kappa shape index (κ2) is 7.04. The Morgan fingerprint density at radius 3 is 2.35 bits per heavy atom. The Balaban J connectivity index is 2.06. The minimum atomic E-state index is 0.466. The molecule has 1 aromatic rings. The molecule has 1 aliphatic rings. The zero-order valence-electron chi connectivity index (χ0n) is 12.4. The van der Waals surface area contributed by atoms with Gasteiger partial charge < -0.3 is 19.7 Å². The van der Waals surface area contributed by atoms with E-state index in [-0.39, 0.29) is 0 Å². The number of likely N-dealkylation sites (tertiary alicyclic amines) is 1. The van der Waals surface area contributed by atoms with E-state index in [4.69, 9.17) is 21.1 Å². The summed E-state index contributed by atoms with van der Waals surface area (Å²) in [5.74, 6) is 1.36. The molecule has 4 nitrogen and oxygen atoms in total. The standard InChI is InChI=1S/C15H23ClN2O2/c1-4-18-7-5-11(6-8-18)17-13-10-15(20-3)14(19-2)9-12(13)16/h9-11,17H,4-8H2,1-3H3. The molecule has 1 saturated heterocycles. The Morgan fingerprint density at radius 1 is 1.20 bits per heavy atom. The minimum Gasteiger partial charge on any atom is -0.493 e. The highest BCUT2D eigenvalue weighted by atomic mass is 35.5. The van der Waals surface area contributed by atoms with Gasteiger partial charge in [0.15, 0.2) is 11.5 Å². The van der Waals surface area contributed by atoms with Crippen molar-refractivity contribution in [2.75, 3.05) is 39.2 Å². The fourth-order valence-corrected chi connectivity index (χ4v) is 2.79. The first-order valence-corrected chi connectivity index (χ1v) is 7.46. The molecule has 2 rings (SSSR count). The highest BCUT2D eigenvalue weighted by Crippen LogP contribution is 2.36. The third-order valence-corrected chi connectivity index (χ3v) is 4.18. The molecule has 0 atom stereocenters. The van der Waals surface area contributed by atoms with Crippen LogP contribution in [0.4, 0.5) is 5.69 Å². The predicted molar refractivity (Wildman–Crippen MR) is 83.3 cm³/mol. The van der Waals surface area contributed by atoms with Crippen molar-refractivity contribution in [1.82, 2.24) is 4.90 Å². The number of methoxy groups -OCH3 is 2. The van der Waals surface area contributed by atoms with Gasteiger partial charge in [-0.3, -0.25) is 0 Å². The molecule has 1 aromatic carbocycles. The monoisotopic (exact) mass is 298 g/mol. The van der Waals surface area contributed by atoms with Crippen LogP contribution in [0.2, 0.25) is 5.02 Å². The molecule has 0 unspecified atom stereocenters. The molecule has 1 N–H and O–H groups in total. The van der Waals surface area contributed by atoms with Gasteiger partial charge in [-0.1, -0.05) is 18.5 Å². The number of ether oxygens (including phenoxy) is 2. The first-order valence-electron chi connectivity index (χ1n) is 7.08. The number of benzene rings is 1. The van der Waals surface area contributed by atoms with E-state index >= 15 is 0 Å². The van der Waals surface area contributed by atoms with Gasteiger partial charge in [-0.2, -0.15) is 0 Å². The first-order chi connectivity index (χ1) is 9.67. The topological polar surface area (TPSA) is 33.7 Å². The van der Waals surface area contributed by atoms with Crippen LogP contribution >= 0.6 is 11.6 Å². The first kappa shape index (κ1) is 15.3. The van der Waals surface area contributed by atoms with Gasteiger partial charge in [0.25, 0.3) is 0 Å². The quantitative estimate of drug-likeness (QED) is 0.905. The van der Waals surface area contributed by atoms with E-state index in [1.54, 1.807) is 20.3 Å². The molecule has 1 fully saturated rings. The van der Waals surface area contributed by atoms with Crippen molar-refractivity contribution in [2.45, 2.75) is 25.8 Å². The zero-order valence-corrected chi connectivity index (χ0v) is 13.2. The summed E-state index contributed by atoms with van der Waals surface area (Å²) in [5.41, 5.74) is 0.916. The Morgan fingerprint density at radius 2 is 1.80 bits per heavy atom. The Hall–Kier alpha value is -1.13. The summed E-state index contributed by atoms with van der Waals surface area (Å²) in [6, 6.07) is 4.17. The maximum Gasteiger partial charge on any atom is 0.162 e. The van der Waals surface area contributed by atoms with Gasteiger partial charge in [0.2, 0.25) is 0 Å². The lowest BCUT2D eigenvalue weighted by molar-refractivity contribution is 0.229. The van der Waals surface area contributed by atoms with Crippen molar-refractivity contribution < 1.29 is 9.47 Å². The lowest BCUT2D eigenvalue weighted by Gasteiger charge is -2.32. The molecule has 0 amide bonds. The zero-order chi connectivity index (χ0) is 14.5. The van der Waals surface area contributed by atoms with Crippen molar-refractivity contribution in [2.24, 2.45) is 0 Å². The van der Waals surface area contributed by atoms with E-state index in [1.807, 2.05) is 6.07 Å². The van der Waals surface area contributed by atoms with Crippen molar-refractivity contribution in [3.8, 4) is 11.5 Å². The number of nitrogens with zero attached hydrogens (tertiary/aromatic N) is 1. The lowest BCUT2D eigenvalue weighted by Crippen LogP contribution is -2.38. The molecule has 1 aliphatic heterocycles. The number of halogens is 1. The lowest BCUT2D eigenvalue weighted by atomic mass is 10.0. The summed E-state index contributed by atoms with van der Waals surface area (Å²) in [6.07, 6.45) is 2.27. The van der Waals surface area contributed by atoms with Crippen molar-refractivity contribution in [3.05, 3.63) is 17.2 Å². The second-order valence-electron chi connectivity index (χ2n) is 5.04. The number of nitrogens with one attached hydrogen (secondary N) is 1.